The number of carbonyl (C=O) groups excluding carboxylic acids is 2. The summed E-state index contributed by atoms with van der Waals surface area (Å²) in [5.41, 5.74) is 2.61. The zero-order valence-electron chi connectivity index (χ0n) is 15.9. The van der Waals surface area contributed by atoms with E-state index in [1.54, 1.807) is 0 Å². The molecule has 0 bridgehead atoms. The number of likely N-dealkylation sites (tertiary alicyclic amines) is 1. The highest BCUT2D eigenvalue weighted by atomic mass is 16.2. The molecule has 2 aliphatic rings. The Morgan fingerprint density at radius 3 is 2.41 bits per heavy atom. The second-order valence-corrected chi connectivity index (χ2v) is 7.74. The van der Waals surface area contributed by atoms with Crippen molar-refractivity contribution in [2.45, 2.75) is 18.9 Å². The van der Waals surface area contributed by atoms with E-state index >= 15 is 0 Å². The lowest BCUT2D eigenvalue weighted by molar-refractivity contribution is -0.123. The highest BCUT2D eigenvalue weighted by Crippen LogP contribution is 2.34. The number of piperazine rings is 1. The molecule has 0 unspecified atom stereocenters. The smallest absolute Gasteiger partial charge is 0.253 e. The molecule has 5 heteroatoms. The van der Waals surface area contributed by atoms with E-state index < -0.39 is 0 Å². The number of aryl methyl sites for hydroxylation is 1. The second-order valence-electron chi connectivity index (χ2n) is 7.74. The van der Waals surface area contributed by atoms with Crippen molar-refractivity contribution in [1.29, 1.82) is 0 Å². The van der Waals surface area contributed by atoms with Gasteiger partial charge in [0.25, 0.3) is 5.91 Å². The van der Waals surface area contributed by atoms with Crippen molar-refractivity contribution in [3.8, 4) is 0 Å². The minimum absolute atomic E-state index is 0.0726. The van der Waals surface area contributed by atoms with Crippen LogP contribution < -0.4 is 4.90 Å². The average molecular weight is 363 g/mol. The SMILES string of the molecule is Cc1ccc(C(=O)N2CC[C@]3(C2)CN(c2ccccc2)C(=O)CN3C)cc1. The van der Waals surface area contributed by atoms with E-state index in [0.29, 0.717) is 26.2 Å². The number of rotatable bonds is 2. The Labute approximate surface area is 160 Å². The van der Waals surface area contributed by atoms with Gasteiger partial charge in [-0.15, -0.1) is 0 Å². The molecule has 0 N–H and O–H groups in total. The summed E-state index contributed by atoms with van der Waals surface area (Å²) in [7, 11) is 2.00. The maximum Gasteiger partial charge on any atom is 0.253 e. The summed E-state index contributed by atoms with van der Waals surface area (Å²) in [5, 5.41) is 0. The summed E-state index contributed by atoms with van der Waals surface area (Å²) in [4.78, 5) is 31.5. The third-order valence-electron chi connectivity index (χ3n) is 5.92. The van der Waals surface area contributed by atoms with Gasteiger partial charge in [0.2, 0.25) is 5.91 Å². The van der Waals surface area contributed by atoms with Gasteiger partial charge in [0.1, 0.15) is 0 Å². The van der Waals surface area contributed by atoms with Gasteiger partial charge in [0, 0.05) is 30.9 Å². The van der Waals surface area contributed by atoms with E-state index in [9.17, 15) is 9.59 Å². The van der Waals surface area contributed by atoms with Crippen LogP contribution in [0.5, 0.6) is 0 Å². The molecule has 1 spiro atoms. The fourth-order valence-corrected chi connectivity index (χ4v) is 4.15. The fraction of sp³-hybridized carbons (Fsp3) is 0.364. The Hall–Kier alpha value is -2.66. The van der Waals surface area contributed by atoms with Crippen molar-refractivity contribution in [3.05, 3.63) is 65.7 Å². The number of likely N-dealkylation sites (N-methyl/N-ethyl adjacent to an activating group) is 1. The number of carbonyl (C=O) groups is 2. The van der Waals surface area contributed by atoms with Crippen LogP contribution in [0.2, 0.25) is 0 Å². The van der Waals surface area contributed by atoms with Gasteiger partial charge >= 0.3 is 0 Å². The van der Waals surface area contributed by atoms with Crippen molar-refractivity contribution in [2.24, 2.45) is 0 Å². The first-order valence-electron chi connectivity index (χ1n) is 9.41. The van der Waals surface area contributed by atoms with Gasteiger partial charge in [0.05, 0.1) is 12.1 Å². The molecule has 4 rings (SSSR count). The van der Waals surface area contributed by atoms with Gasteiger partial charge in [0.15, 0.2) is 0 Å². The summed E-state index contributed by atoms with van der Waals surface area (Å²) in [5.74, 6) is 0.182. The third-order valence-corrected chi connectivity index (χ3v) is 5.92. The summed E-state index contributed by atoms with van der Waals surface area (Å²) < 4.78 is 0. The number of benzene rings is 2. The number of nitrogens with zero attached hydrogens (tertiary/aromatic N) is 3. The second kappa shape index (κ2) is 6.82. The van der Waals surface area contributed by atoms with Crippen LogP contribution in [-0.2, 0) is 4.79 Å². The molecule has 2 amide bonds. The number of hydrogen-bond acceptors (Lipinski definition) is 3. The highest BCUT2D eigenvalue weighted by molar-refractivity contribution is 5.97. The van der Waals surface area contributed by atoms with Crippen molar-refractivity contribution < 1.29 is 9.59 Å². The predicted octanol–water partition coefficient (Wildman–Crippen LogP) is 2.56. The molecule has 2 aromatic rings. The molecule has 27 heavy (non-hydrogen) atoms. The first-order chi connectivity index (χ1) is 13.0. The fourth-order valence-electron chi connectivity index (χ4n) is 4.15. The molecule has 2 fully saturated rings. The molecular formula is C22H25N3O2. The molecular weight excluding hydrogens is 338 g/mol. The first-order valence-corrected chi connectivity index (χ1v) is 9.41. The molecule has 5 nitrogen and oxygen atoms in total. The molecule has 0 aliphatic carbocycles. The molecule has 2 heterocycles. The van der Waals surface area contributed by atoms with Gasteiger partial charge in [-0.2, -0.15) is 0 Å². The predicted molar refractivity (Wildman–Crippen MR) is 106 cm³/mol. The van der Waals surface area contributed by atoms with Crippen LogP contribution in [0.1, 0.15) is 22.3 Å². The maximum atomic E-state index is 12.9. The van der Waals surface area contributed by atoms with Crippen LogP contribution in [0.3, 0.4) is 0 Å². The monoisotopic (exact) mass is 363 g/mol. The summed E-state index contributed by atoms with van der Waals surface area (Å²) in [6, 6.07) is 17.5. The van der Waals surface area contributed by atoms with E-state index in [4.69, 9.17) is 0 Å². The molecule has 0 radical (unpaired) electrons. The zero-order valence-corrected chi connectivity index (χ0v) is 15.9. The quantitative estimate of drug-likeness (QED) is 0.824. The Bertz CT molecular complexity index is 850. The van der Waals surface area contributed by atoms with Gasteiger partial charge in [-0.25, -0.2) is 0 Å². The van der Waals surface area contributed by atoms with E-state index in [-0.39, 0.29) is 17.4 Å². The Morgan fingerprint density at radius 2 is 1.70 bits per heavy atom. The van der Waals surface area contributed by atoms with Crippen molar-refractivity contribution in [2.75, 3.05) is 38.1 Å². The molecule has 2 saturated heterocycles. The zero-order chi connectivity index (χ0) is 19.0. The van der Waals surface area contributed by atoms with Gasteiger partial charge < -0.3 is 9.80 Å². The van der Waals surface area contributed by atoms with Gasteiger partial charge in [-0.05, 0) is 44.7 Å². The minimum atomic E-state index is -0.190. The number of hydrogen-bond donors (Lipinski definition) is 0. The molecule has 1 atom stereocenters. The van der Waals surface area contributed by atoms with Crippen molar-refractivity contribution >= 4 is 17.5 Å². The minimum Gasteiger partial charge on any atom is -0.337 e. The van der Waals surface area contributed by atoms with Crippen LogP contribution in [0.4, 0.5) is 5.69 Å². The summed E-state index contributed by atoms with van der Waals surface area (Å²) >= 11 is 0. The third kappa shape index (κ3) is 3.23. The maximum absolute atomic E-state index is 12.9. The Morgan fingerprint density at radius 1 is 1.00 bits per heavy atom. The molecule has 0 aromatic heterocycles. The lowest BCUT2D eigenvalue weighted by atomic mass is 9.92. The largest absolute Gasteiger partial charge is 0.337 e. The van der Waals surface area contributed by atoms with Crippen LogP contribution >= 0.6 is 0 Å². The molecule has 140 valence electrons. The van der Waals surface area contributed by atoms with Crippen molar-refractivity contribution in [3.63, 3.8) is 0 Å². The number of amides is 2. The van der Waals surface area contributed by atoms with Crippen LogP contribution in [0, 0.1) is 6.92 Å². The van der Waals surface area contributed by atoms with Gasteiger partial charge in [-0.3, -0.25) is 14.5 Å². The lowest BCUT2D eigenvalue weighted by Gasteiger charge is -2.46. The van der Waals surface area contributed by atoms with Gasteiger partial charge in [-0.1, -0.05) is 35.9 Å². The average Bonchev–Trinajstić information content (AvgIpc) is 3.11. The van der Waals surface area contributed by atoms with Crippen LogP contribution in [0.25, 0.3) is 0 Å². The normalized spacial score (nSPS) is 23.3. The standard InChI is InChI=1S/C22H25N3O2/c1-17-8-10-18(11-9-17)21(27)24-13-12-22(15-24)16-25(20(26)14-23(22)2)19-6-4-3-5-7-19/h3-11H,12-16H2,1-2H3/t22-/m0/s1. The molecule has 2 aromatic carbocycles. The Balaban J connectivity index is 1.55. The first kappa shape index (κ1) is 17.7. The van der Waals surface area contributed by atoms with Crippen molar-refractivity contribution in [1.82, 2.24) is 9.80 Å². The molecule has 2 aliphatic heterocycles. The topological polar surface area (TPSA) is 43.9 Å². The summed E-state index contributed by atoms with van der Waals surface area (Å²) in [6.07, 6.45) is 0.873. The highest BCUT2D eigenvalue weighted by Gasteiger charge is 2.48. The van der Waals surface area contributed by atoms with E-state index in [2.05, 4.69) is 4.90 Å². The Kier molecular flexibility index (Phi) is 4.48. The number of para-hydroxylation sites is 1. The molecule has 0 saturated carbocycles. The van der Waals surface area contributed by atoms with Crippen LogP contribution in [-0.4, -0.2) is 60.4 Å². The van der Waals surface area contributed by atoms with Crippen LogP contribution in [0.15, 0.2) is 54.6 Å². The van der Waals surface area contributed by atoms with E-state index in [1.807, 2.05) is 78.4 Å². The summed E-state index contributed by atoms with van der Waals surface area (Å²) in [6.45, 7) is 4.37. The lowest BCUT2D eigenvalue weighted by Crippen LogP contribution is -2.64. The van der Waals surface area contributed by atoms with E-state index in [1.165, 1.54) is 0 Å². The number of anilines is 1. The van der Waals surface area contributed by atoms with E-state index in [0.717, 1.165) is 23.2 Å².